The van der Waals surface area contributed by atoms with Crippen LogP contribution in [0.25, 0.3) is 0 Å². The van der Waals surface area contributed by atoms with E-state index in [1.165, 1.54) is 0 Å². The highest BCUT2D eigenvalue weighted by Gasteiger charge is 2.49. The lowest BCUT2D eigenvalue weighted by atomic mass is 9.77. The van der Waals surface area contributed by atoms with E-state index in [-0.39, 0.29) is 12.3 Å². The van der Waals surface area contributed by atoms with E-state index in [9.17, 15) is 18.0 Å². The Morgan fingerprint density at radius 1 is 1.14 bits per heavy atom. The predicted molar refractivity (Wildman–Crippen MR) is 74.7 cm³/mol. The fraction of sp³-hybridized carbons (Fsp3) is 0.933. The summed E-state index contributed by atoms with van der Waals surface area (Å²) in [6.07, 6.45) is -0.663. The van der Waals surface area contributed by atoms with E-state index >= 15 is 0 Å². The monoisotopic (exact) mass is 306 g/mol. The molecule has 3 nitrogen and oxygen atoms in total. The van der Waals surface area contributed by atoms with Gasteiger partial charge in [0.2, 0.25) is 5.91 Å². The van der Waals surface area contributed by atoms with Crippen LogP contribution in [0.3, 0.4) is 0 Å². The maximum absolute atomic E-state index is 13.1. The van der Waals surface area contributed by atoms with E-state index in [0.29, 0.717) is 31.8 Å². The number of alkyl halides is 3. The van der Waals surface area contributed by atoms with E-state index in [1.54, 1.807) is 4.90 Å². The quantitative estimate of drug-likeness (QED) is 0.869. The van der Waals surface area contributed by atoms with E-state index in [2.05, 4.69) is 5.32 Å². The Bertz CT molecular complexity index is 351. The molecule has 0 bridgehead atoms. The molecule has 2 rings (SSSR count). The summed E-state index contributed by atoms with van der Waals surface area (Å²) in [7, 11) is 1.90. The molecule has 0 aromatic carbocycles. The molecule has 2 unspecified atom stereocenters. The van der Waals surface area contributed by atoms with Gasteiger partial charge in [0, 0.05) is 19.0 Å². The molecule has 0 aromatic heterocycles. The van der Waals surface area contributed by atoms with Crippen LogP contribution in [0.2, 0.25) is 0 Å². The van der Waals surface area contributed by atoms with Crippen LogP contribution in [0.5, 0.6) is 0 Å². The molecule has 21 heavy (non-hydrogen) atoms. The molecule has 1 aliphatic heterocycles. The van der Waals surface area contributed by atoms with Crippen LogP contribution in [0.4, 0.5) is 13.2 Å². The second kappa shape index (κ2) is 6.99. The lowest BCUT2D eigenvalue weighted by Gasteiger charge is -2.38. The third-order valence-corrected chi connectivity index (χ3v) is 4.92. The highest BCUT2D eigenvalue weighted by molar-refractivity contribution is 5.79. The van der Waals surface area contributed by atoms with Gasteiger partial charge in [-0.05, 0) is 45.2 Å². The normalized spacial score (nSPS) is 28.7. The van der Waals surface area contributed by atoms with Crippen LogP contribution < -0.4 is 5.32 Å². The second-order valence-electron chi connectivity index (χ2n) is 6.37. The van der Waals surface area contributed by atoms with Crippen molar-refractivity contribution in [3.05, 3.63) is 0 Å². The first-order valence-corrected chi connectivity index (χ1v) is 7.93. The van der Waals surface area contributed by atoms with Gasteiger partial charge in [-0.2, -0.15) is 13.2 Å². The van der Waals surface area contributed by atoms with Crippen LogP contribution in [0.15, 0.2) is 0 Å². The van der Waals surface area contributed by atoms with Gasteiger partial charge in [0.25, 0.3) is 0 Å². The zero-order valence-electron chi connectivity index (χ0n) is 12.6. The number of rotatable bonds is 3. The maximum Gasteiger partial charge on any atom is 0.392 e. The Morgan fingerprint density at radius 2 is 1.76 bits per heavy atom. The molecule has 122 valence electrons. The molecule has 0 spiro atoms. The first-order valence-electron chi connectivity index (χ1n) is 7.93. The van der Waals surface area contributed by atoms with Gasteiger partial charge in [-0.1, -0.05) is 12.8 Å². The smallest absolute Gasteiger partial charge is 0.342 e. The Kier molecular flexibility index (Phi) is 5.52. The van der Waals surface area contributed by atoms with Crippen molar-refractivity contribution in [3.8, 4) is 0 Å². The lowest BCUT2D eigenvalue weighted by Crippen LogP contribution is -2.47. The zero-order chi connectivity index (χ0) is 15.5. The number of hydrogen-bond donors (Lipinski definition) is 1. The van der Waals surface area contributed by atoms with Crippen molar-refractivity contribution in [3.63, 3.8) is 0 Å². The molecule has 1 saturated carbocycles. The van der Waals surface area contributed by atoms with Crippen LogP contribution in [-0.2, 0) is 4.79 Å². The van der Waals surface area contributed by atoms with Crippen molar-refractivity contribution in [2.24, 2.45) is 17.8 Å². The van der Waals surface area contributed by atoms with E-state index in [1.807, 2.05) is 7.05 Å². The summed E-state index contributed by atoms with van der Waals surface area (Å²) in [5.41, 5.74) is 0. The first kappa shape index (κ1) is 16.6. The van der Waals surface area contributed by atoms with Crippen LogP contribution in [0, 0.1) is 17.8 Å². The topological polar surface area (TPSA) is 32.3 Å². The minimum absolute atomic E-state index is 0.107. The zero-order valence-corrected chi connectivity index (χ0v) is 12.6. The fourth-order valence-electron chi connectivity index (χ4n) is 3.70. The molecule has 1 aliphatic carbocycles. The molecule has 2 aliphatic rings. The molecule has 1 saturated heterocycles. The number of carbonyl (C=O) groups is 1. The standard InChI is InChI=1S/C15H25F3N2O/c1-19-10-11-6-8-20(9-7-11)14(21)12-4-2-3-5-13(12)15(16,17)18/h11-13,19H,2-10H2,1H3. The minimum Gasteiger partial charge on any atom is -0.342 e. The van der Waals surface area contributed by atoms with Crippen molar-refractivity contribution < 1.29 is 18.0 Å². The number of nitrogens with zero attached hydrogens (tertiary/aromatic N) is 1. The average molecular weight is 306 g/mol. The highest BCUT2D eigenvalue weighted by Crippen LogP contribution is 2.42. The van der Waals surface area contributed by atoms with E-state index in [0.717, 1.165) is 25.8 Å². The summed E-state index contributed by atoms with van der Waals surface area (Å²) in [5, 5.41) is 3.12. The van der Waals surface area contributed by atoms with Crippen LogP contribution in [-0.4, -0.2) is 43.7 Å². The van der Waals surface area contributed by atoms with Gasteiger partial charge in [-0.15, -0.1) is 0 Å². The second-order valence-corrected chi connectivity index (χ2v) is 6.37. The minimum atomic E-state index is -4.24. The number of likely N-dealkylation sites (tertiary alicyclic amines) is 1. The Hall–Kier alpha value is -0.780. The van der Waals surface area contributed by atoms with Gasteiger partial charge in [-0.3, -0.25) is 4.79 Å². The summed E-state index contributed by atoms with van der Waals surface area (Å²) in [6.45, 7) is 2.12. The molecule has 2 fully saturated rings. The van der Waals surface area contributed by atoms with Crippen molar-refractivity contribution in [2.45, 2.75) is 44.7 Å². The number of halogens is 3. The molecule has 6 heteroatoms. The molecular formula is C15H25F3N2O. The van der Waals surface area contributed by atoms with Crippen molar-refractivity contribution >= 4 is 5.91 Å². The largest absolute Gasteiger partial charge is 0.392 e. The van der Waals surface area contributed by atoms with Crippen molar-refractivity contribution in [1.29, 1.82) is 0 Å². The highest BCUT2D eigenvalue weighted by atomic mass is 19.4. The molecule has 2 atom stereocenters. The number of hydrogen-bond acceptors (Lipinski definition) is 2. The number of amides is 1. The summed E-state index contributed by atoms with van der Waals surface area (Å²) in [6, 6.07) is 0. The van der Waals surface area contributed by atoms with Gasteiger partial charge in [0.15, 0.2) is 0 Å². The molecule has 1 heterocycles. The Morgan fingerprint density at radius 3 is 2.33 bits per heavy atom. The predicted octanol–water partition coefficient (Wildman–Crippen LogP) is 2.81. The first-order chi connectivity index (χ1) is 9.93. The Labute approximate surface area is 124 Å². The SMILES string of the molecule is CNCC1CCN(C(=O)C2CCCCC2C(F)(F)F)CC1. The molecule has 0 aromatic rings. The third kappa shape index (κ3) is 4.11. The van der Waals surface area contributed by atoms with Crippen LogP contribution >= 0.6 is 0 Å². The number of piperidine rings is 1. The van der Waals surface area contributed by atoms with Gasteiger partial charge < -0.3 is 10.2 Å². The number of carbonyl (C=O) groups excluding carboxylic acids is 1. The van der Waals surface area contributed by atoms with Gasteiger partial charge in [0.1, 0.15) is 0 Å². The van der Waals surface area contributed by atoms with E-state index < -0.39 is 18.0 Å². The molecular weight excluding hydrogens is 281 g/mol. The van der Waals surface area contributed by atoms with Gasteiger partial charge >= 0.3 is 6.18 Å². The molecule has 0 radical (unpaired) electrons. The molecule has 1 N–H and O–H groups in total. The van der Waals surface area contributed by atoms with Gasteiger partial charge in [-0.25, -0.2) is 0 Å². The van der Waals surface area contributed by atoms with E-state index in [4.69, 9.17) is 0 Å². The Balaban J connectivity index is 1.95. The summed E-state index contributed by atoms with van der Waals surface area (Å²) in [4.78, 5) is 14.2. The van der Waals surface area contributed by atoms with Crippen molar-refractivity contribution in [2.75, 3.05) is 26.7 Å². The van der Waals surface area contributed by atoms with Crippen molar-refractivity contribution in [1.82, 2.24) is 10.2 Å². The average Bonchev–Trinajstić information content (AvgIpc) is 2.47. The third-order valence-electron chi connectivity index (χ3n) is 4.92. The summed E-state index contributed by atoms with van der Waals surface area (Å²) >= 11 is 0. The maximum atomic E-state index is 13.1. The number of nitrogens with one attached hydrogen (secondary N) is 1. The van der Waals surface area contributed by atoms with Crippen LogP contribution in [0.1, 0.15) is 38.5 Å². The lowest BCUT2D eigenvalue weighted by molar-refractivity contribution is -0.201. The molecule has 1 amide bonds. The fourth-order valence-corrected chi connectivity index (χ4v) is 3.70. The summed E-state index contributed by atoms with van der Waals surface area (Å²) < 4.78 is 39.3. The summed E-state index contributed by atoms with van der Waals surface area (Å²) in [5.74, 6) is -2.02. The van der Waals surface area contributed by atoms with Gasteiger partial charge in [0.05, 0.1) is 5.92 Å².